The van der Waals surface area contributed by atoms with Gasteiger partial charge >= 0.3 is 0 Å². The summed E-state index contributed by atoms with van der Waals surface area (Å²) in [5.41, 5.74) is 2.13. The van der Waals surface area contributed by atoms with Crippen LogP contribution in [-0.4, -0.2) is 16.2 Å². The number of aromatic nitrogens is 2. The van der Waals surface area contributed by atoms with Gasteiger partial charge in [0, 0.05) is 13.0 Å². The third-order valence-electron chi connectivity index (χ3n) is 2.61. The number of nitrogens with zero attached hydrogens (tertiary/aromatic N) is 2. The number of benzene rings is 1. The van der Waals surface area contributed by atoms with Gasteiger partial charge < -0.3 is 4.57 Å². The first-order valence-electron chi connectivity index (χ1n) is 5.74. The van der Waals surface area contributed by atoms with Crippen LogP contribution in [0.4, 0.5) is 0 Å². The lowest BCUT2D eigenvalue weighted by Crippen LogP contribution is -2.09. The van der Waals surface area contributed by atoms with Crippen molar-refractivity contribution in [1.82, 2.24) is 9.55 Å². The summed E-state index contributed by atoms with van der Waals surface area (Å²) in [7, 11) is 0. The molecule has 2 rings (SSSR count). The molecule has 0 atom stereocenters. The standard InChI is InChI=1S/C13H17N2O/c1-10(2)9-15-12-6-4-3-5-11(12)14-13(15)7-8-16/h3-6,10H,7-9H2,1-2H3. The summed E-state index contributed by atoms with van der Waals surface area (Å²) in [6, 6.07) is 8.07. The van der Waals surface area contributed by atoms with Crippen LogP contribution < -0.4 is 0 Å². The van der Waals surface area contributed by atoms with Crippen molar-refractivity contribution >= 4 is 11.0 Å². The van der Waals surface area contributed by atoms with Crippen LogP contribution in [0.15, 0.2) is 24.3 Å². The van der Waals surface area contributed by atoms with Crippen LogP contribution >= 0.6 is 0 Å². The van der Waals surface area contributed by atoms with Gasteiger partial charge in [-0.3, -0.25) is 0 Å². The van der Waals surface area contributed by atoms with Gasteiger partial charge in [0.25, 0.3) is 0 Å². The molecule has 0 bridgehead atoms. The van der Waals surface area contributed by atoms with E-state index in [1.54, 1.807) is 0 Å². The van der Waals surface area contributed by atoms with E-state index in [-0.39, 0.29) is 6.61 Å². The van der Waals surface area contributed by atoms with E-state index in [1.165, 1.54) is 0 Å². The van der Waals surface area contributed by atoms with E-state index in [4.69, 9.17) is 0 Å². The SMILES string of the molecule is CC(C)Cn1c(CC[O])nc2ccccc21. The highest BCUT2D eigenvalue weighted by atomic mass is 16.3. The molecule has 3 nitrogen and oxygen atoms in total. The van der Waals surface area contributed by atoms with Gasteiger partial charge in [0.05, 0.1) is 17.6 Å². The Morgan fingerprint density at radius 1 is 1.31 bits per heavy atom. The first-order chi connectivity index (χ1) is 7.72. The van der Waals surface area contributed by atoms with Crippen molar-refractivity contribution in [3.63, 3.8) is 0 Å². The number of fused-ring (bicyclic) bond motifs is 1. The monoisotopic (exact) mass is 217 g/mol. The predicted octanol–water partition coefficient (Wildman–Crippen LogP) is 2.67. The van der Waals surface area contributed by atoms with Crippen LogP contribution in [0.1, 0.15) is 19.7 Å². The fourth-order valence-electron chi connectivity index (χ4n) is 1.98. The maximum absolute atomic E-state index is 10.8. The molecule has 0 saturated carbocycles. The van der Waals surface area contributed by atoms with Crippen LogP contribution in [0, 0.1) is 5.92 Å². The summed E-state index contributed by atoms with van der Waals surface area (Å²) in [6.07, 6.45) is 0.515. The van der Waals surface area contributed by atoms with Gasteiger partial charge in [-0.2, -0.15) is 0 Å². The minimum absolute atomic E-state index is 0.0958. The summed E-state index contributed by atoms with van der Waals surface area (Å²) >= 11 is 0. The highest BCUT2D eigenvalue weighted by molar-refractivity contribution is 5.75. The van der Waals surface area contributed by atoms with E-state index in [0.29, 0.717) is 12.3 Å². The number of hydrogen-bond donors (Lipinski definition) is 0. The lowest BCUT2D eigenvalue weighted by Gasteiger charge is -2.10. The zero-order valence-corrected chi connectivity index (χ0v) is 9.81. The van der Waals surface area contributed by atoms with E-state index in [0.717, 1.165) is 23.4 Å². The molecule has 0 aliphatic heterocycles. The number of para-hydroxylation sites is 2. The fourth-order valence-corrected chi connectivity index (χ4v) is 1.98. The van der Waals surface area contributed by atoms with E-state index < -0.39 is 0 Å². The molecule has 2 aromatic rings. The van der Waals surface area contributed by atoms with Crippen LogP contribution in [0.2, 0.25) is 0 Å². The zero-order valence-electron chi connectivity index (χ0n) is 9.81. The van der Waals surface area contributed by atoms with Gasteiger partial charge in [-0.15, -0.1) is 0 Å². The van der Waals surface area contributed by atoms with Crippen LogP contribution in [0.5, 0.6) is 0 Å². The summed E-state index contributed by atoms with van der Waals surface area (Å²) in [5.74, 6) is 1.48. The zero-order chi connectivity index (χ0) is 11.5. The number of hydrogen-bond acceptors (Lipinski definition) is 1. The molecule has 0 N–H and O–H groups in total. The van der Waals surface area contributed by atoms with Gasteiger partial charge in [0.15, 0.2) is 0 Å². The molecule has 16 heavy (non-hydrogen) atoms. The van der Waals surface area contributed by atoms with Gasteiger partial charge in [-0.05, 0) is 18.1 Å². The summed E-state index contributed by atoms with van der Waals surface area (Å²) in [6.45, 7) is 5.18. The summed E-state index contributed by atoms with van der Waals surface area (Å²) in [5, 5.41) is 10.8. The van der Waals surface area contributed by atoms with Crippen molar-refractivity contribution < 1.29 is 5.11 Å². The number of rotatable bonds is 4. The number of imidazole rings is 1. The minimum atomic E-state index is -0.0958. The molecule has 0 aliphatic carbocycles. The fraction of sp³-hybridized carbons (Fsp3) is 0.462. The third-order valence-corrected chi connectivity index (χ3v) is 2.61. The second-order valence-electron chi connectivity index (χ2n) is 4.48. The second kappa shape index (κ2) is 4.66. The third kappa shape index (κ3) is 2.09. The van der Waals surface area contributed by atoms with Gasteiger partial charge in [0.2, 0.25) is 0 Å². The highest BCUT2D eigenvalue weighted by Gasteiger charge is 2.10. The Hall–Kier alpha value is -1.35. The highest BCUT2D eigenvalue weighted by Crippen LogP contribution is 2.17. The Balaban J connectivity index is 2.50. The molecule has 1 aromatic heterocycles. The van der Waals surface area contributed by atoms with Crippen molar-refractivity contribution in [2.75, 3.05) is 6.61 Å². The molecule has 0 saturated heterocycles. The van der Waals surface area contributed by atoms with Crippen LogP contribution in [0.25, 0.3) is 11.0 Å². The lowest BCUT2D eigenvalue weighted by molar-refractivity contribution is 0.194. The molecule has 0 spiro atoms. The second-order valence-corrected chi connectivity index (χ2v) is 4.48. The van der Waals surface area contributed by atoms with Crippen LogP contribution in [-0.2, 0) is 18.1 Å². The van der Waals surface area contributed by atoms with E-state index in [2.05, 4.69) is 29.5 Å². The van der Waals surface area contributed by atoms with Crippen LogP contribution in [0.3, 0.4) is 0 Å². The maximum Gasteiger partial charge on any atom is 0.112 e. The molecule has 0 fully saturated rings. The minimum Gasteiger partial charge on any atom is -0.328 e. The first kappa shape index (κ1) is 11.1. The average molecular weight is 217 g/mol. The quantitative estimate of drug-likeness (QED) is 0.775. The van der Waals surface area contributed by atoms with Crippen molar-refractivity contribution in [3.05, 3.63) is 30.1 Å². The van der Waals surface area contributed by atoms with E-state index in [9.17, 15) is 5.11 Å². The Bertz CT molecular complexity index is 474. The summed E-state index contributed by atoms with van der Waals surface area (Å²) < 4.78 is 2.18. The topological polar surface area (TPSA) is 37.7 Å². The predicted molar refractivity (Wildman–Crippen MR) is 63.8 cm³/mol. The molecule has 1 heterocycles. The summed E-state index contributed by atoms with van der Waals surface area (Å²) in [4.78, 5) is 4.52. The largest absolute Gasteiger partial charge is 0.328 e. The van der Waals surface area contributed by atoms with E-state index >= 15 is 0 Å². The van der Waals surface area contributed by atoms with Crippen molar-refractivity contribution in [1.29, 1.82) is 0 Å². The molecular weight excluding hydrogens is 200 g/mol. The Labute approximate surface area is 95.7 Å². The lowest BCUT2D eigenvalue weighted by atomic mass is 10.2. The van der Waals surface area contributed by atoms with Crippen molar-refractivity contribution in [3.8, 4) is 0 Å². The molecule has 3 heteroatoms. The normalized spacial score (nSPS) is 11.5. The molecule has 0 aliphatic rings. The van der Waals surface area contributed by atoms with Gasteiger partial charge in [0.1, 0.15) is 5.82 Å². The molecule has 1 aromatic carbocycles. The molecule has 0 unspecified atom stereocenters. The van der Waals surface area contributed by atoms with Gasteiger partial charge in [-0.25, -0.2) is 10.1 Å². The molecular formula is C13H17N2O. The Kier molecular flexibility index (Phi) is 3.25. The average Bonchev–Trinajstić information content (AvgIpc) is 2.57. The maximum atomic E-state index is 10.8. The Morgan fingerprint density at radius 3 is 2.75 bits per heavy atom. The molecule has 85 valence electrons. The Morgan fingerprint density at radius 2 is 2.06 bits per heavy atom. The first-order valence-corrected chi connectivity index (χ1v) is 5.74. The van der Waals surface area contributed by atoms with Crippen molar-refractivity contribution in [2.24, 2.45) is 5.92 Å². The van der Waals surface area contributed by atoms with E-state index in [1.807, 2.05) is 18.2 Å². The van der Waals surface area contributed by atoms with Gasteiger partial charge in [-0.1, -0.05) is 26.0 Å². The van der Waals surface area contributed by atoms with Crippen molar-refractivity contribution in [2.45, 2.75) is 26.8 Å². The molecule has 1 radical (unpaired) electrons. The smallest absolute Gasteiger partial charge is 0.112 e. The molecule has 0 amide bonds.